The third-order valence-corrected chi connectivity index (χ3v) is 5.00. The summed E-state index contributed by atoms with van der Waals surface area (Å²) in [5, 5.41) is 0. The molecular formula is C22H30NO2+. The van der Waals surface area contributed by atoms with Crippen molar-refractivity contribution >= 4 is 0 Å². The van der Waals surface area contributed by atoms with Crippen LogP contribution in [0.4, 0.5) is 0 Å². The molecule has 3 rings (SSSR count). The lowest BCUT2D eigenvalue weighted by Gasteiger charge is -2.32. The third-order valence-electron chi connectivity index (χ3n) is 5.00. The molecule has 0 radical (unpaired) electrons. The Labute approximate surface area is 151 Å². The SMILES string of the molecule is COc1ccc(C[NH+]2C[C@H](C)C[C@@H](C)C2)cc1OCc1ccccc1. The van der Waals surface area contributed by atoms with Crippen molar-refractivity contribution in [1.29, 1.82) is 0 Å². The van der Waals surface area contributed by atoms with Crippen molar-refractivity contribution in [2.75, 3.05) is 20.2 Å². The maximum absolute atomic E-state index is 6.05. The van der Waals surface area contributed by atoms with Gasteiger partial charge in [0.2, 0.25) is 0 Å². The van der Waals surface area contributed by atoms with E-state index in [0.29, 0.717) is 6.61 Å². The predicted octanol–water partition coefficient (Wildman–Crippen LogP) is 3.34. The summed E-state index contributed by atoms with van der Waals surface area (Å²) in [6, 6.07) is 16.6. The zero-order valence-electron chi connectivity index (χ0n) is 15.6. The van der Waals surface area contributed by atoms with Crippen molar-refractivity contribution in [1.82, 2.24) is 0 Å². The molecule has 1 aliphatic heterocycles. The molecule has 3 heteroatoms. The van der Waals surface area contributed by atoms with Crippen molar-refractivity contribution in [2.45, 2.75) is 33.4 Å². The van der Waals surface area contributed by atoms with E-state index in [9.17, 15) is 0 Å². The summed E-state index contributed by atoms with van der Waals surface area (Å²) in [6.45, 7) is 8.88. The first-order chi connectivity index (χ1) is 12.1. The lowest BCUT2D eigenvalue weighted by molar-refractivity contribution is -0.925. The quantitative estimate of drug-likeness (QED) is 0.872. The first kappa shape index (κ1) is 17.8. The number of methoxy groups -OCH3 is 1. The van der Waals surface area contributed by atoms with Gasteiger partial charge in [0.25, 0.3) is 0 Å². The number of likely N-dealkylation sites (tertiary alicyclic amines) is 1. The number of rotatable bonds is 6. The number of ether oxygens (including phenoxy) is 2. The van der Waals surface area contributed by atoms with Crippen LogP contribution in [0.1, 0.15) is 31.4 Å². The van der Waals surface area contributed by atoms with Gasteiger partial charge in [-0.05, 0) is 30.2 Å². The number of benzene rings is 2. The smallest absolute Gasteiger partial charge is 0.162 e. The average Bonchev–Trinajstić information content (AvgIpc) is 2.60. The van der Waals surface area contributed by atoms with Gasteiger partial charge in [0.1, 0.15) is 13.2 Å². The highest BCUT2D eigenvalue weighted by Gasteiger charge is 2.25. The van der Waals surface area contributed by atoms with E-state index in [0.717, 1.165) is 29.9 Å². The van der Waals surface area contributed by atoms with Gasteiger partial charge in [-0.15, -0.1) is 0 Å². The highest BCUT2D eigenvalue weighted by Crippen LogP contribution is 2.28. The summed E-state index contributed by atoms with van der Waals surface area (Å²) >= 11 is 0. The van der Waals surface area contributed by atoms with Crippen LogP contribution in [0.2, 0.25) is 0 Å². The molecule has 2 aromatic rings. The predicted molar refractivity (Wildman–Crippen MR) is 101 cm³/mol. The molecule has 0 aromatic heterocycles. The van der Waals surface area contributed by atoms with E-state index in [-0.39, 0.29) is 0 Å². The van der Waals surface area contributed by atoms with Crippen molar-refractivity contribution < 1.29 is 14.4 Å². The topological polar surface area (TPSA) is 22.9 Å². The van der Waals surface area contributed by atoms with Gasteiger partial charge in [-0.25, -0.2) is 0 Å². The van der Waals surface area contributed by atoms with Gasteiger partial charge < -0.3 is 14.4 Å². The van der Waals surface area contributed by atoms with Crippen LogP contribution in [0.5, 0.6) is 11.5 Å². The molecule has 0 spiro atoms. The summed E-state index contributed by atoms with van der Waals surface area (Å²) in [5.74, 6) is 3.26. The van der Waals surface area contributed by atoms with Crippen LogP contribution in [0.3, 0.4) is 0 Å². The second-order valence-corrected chi connectivity index (χ2v) is 7.54. The second kappa shape index (κ2) is 8.39. The Morgan fingerprint density at radius 2 is 1.64 bits per heavy atom. The van der Waals surface area contributed by atoms with Crippen LogP contribution >= 0.6 is 0 Å². The molecule has 0 bridgehead atoms. The summed E-state index contributed by atoms with van der Waals surface area (Å²) in [6.07, 6.45) is 1.36. The van der Waals surface area contributed by atoms with Gasteiger partial charge in [0.15, 0.2) is 11.5 Å². The fourth-order valence-corrected chi connectivity index (χ4v) is 4.03. The van der Waals surface area contributed by atoms with E-state index in [1.165, 1.54) is 30.6 Å². The third kappa shape index (κ3) is 4.99. The molecule has 0 aliphatic carbocycles. The minimum atomic E-state index is 0.561. The van der Waals surface area contributed by atoms with Crippen molar-refractivity contribution in [3.05, 3.63) is 59.7 Å². The molecule has 1 aliphatic rings. The van der Waals surface area contributed by atoms with Gasteiger partial charge in [0, 0.05) is 17.4 Å². The van der Waals surface area contributed by atoms with E-state index < -0.39 is 0 Å². The first-order valence-electron chi connectivity index (χ1n) is 9.31. The zero-order valence-corrected chi connectivity index (χ0v) is 15.6. The van der Waals surface area contributed by atoms with Gasteiger partial charge in [-0.2, -0.15) is 0 Å². The molecule has 25 heavy (non-hydrogen) atoms. The lowest BCUT2D eigenvalue weighted by atomic mass is 9.91. The monoisotopic (exact) mass is 340 g/mol. The van der Waals surface area contributed by atoms with E-state index >= 15 is 0 Å². The number of quaternary nitrogens is 1. The number of nitrogens with one attached hydrogen (secondary N) is 1. The average molecular weight is 340 g/mol. The van der Waals surface area contributed by atoms with E-state index in [4.69, 9.17) is 9.47 Å². The second-order valence-electron chi connectivity index (χ2n) is 7.54. The number of hydrogen-bond acceptors (Lipinski definition) is 2. The molecule has 1 fully saturated rings. The summed E-state index contributed by atoms with van der Waals surface area (Å²) in [5.41, 5.74) is 2.49. The molecule has 3 nitrogen and oxygen atoms in total. The molecule has 2 atom stereocenters. The van der Waals surface area contributed by atoms with Gasteiger partial charge >= 0.3 is 0 Å². The van der Waals surface area contributed by atoms with E-state index in [1.54, 1.807) is 12.0 Å². The fourth-order valence-electron chi connectivity index (χ4n) is 4.03. The van der Waals surface area contributed by atoms with Crippen LogP contribution in [0.25, 0.3) is 0 Å². The Kier molecular flexibility index (Phi) is 5.98. The molecule has 1 heterocycles. The minimum Gasteiger partial charge on any atom is -0.493 e. The zero-order chi connectivity index (χ0) is 17.6. The van der Waals surface area contributed by atoms with Crippen molar-refractivity contribution in [2.24, 2.45) is 11.8 Å². The molecule has 0 saturated carbocycles. The molecule has 0 amide bonds. The Morgan fingerprint density at radius 1 is 0.920 bits per heavy atom. The van der Waals surface area contributed by atoms with Crippen LogP contribution in [0.15, 0.2) is 48.5 Å². The van der Waals surface area contributed by atoms with Gasteiger partial charge in [-0.3, -0.25) is 0 Å². The highest BCUT2D eigenvalue weighted by molar-refractivity contribution is 5.43. The minimum absolute atomic E-state index is 0.561. The Hall–Kier alpha value is -2.00. The molecule has 1 N–H and O–H groups in total. The summed E-state index contributed by atoms with van der Waals surface area (Å²) in [7, 11) is 1.70. The van der Waals surface area contributed by atoms with Gasteiger partial charge in [0.05, 0.1) is 20.2 Å². The normalized spacial score (nSPS) is 23.2. The Bertz CT molecular complexity index is 661. The van der Waals surface area contributed by atoms with E-state index in [2.05, 4.69) is 38.1 Å². The number of hydrogen-bond donors (Lipinski definition) is 1. The first-order valence-corrected chi connectivity index (χ1v) is 9.31. The summed E-state index contributed by atoms with van der Waals surface area (Å²) < 4.78 is 11.5. The lowest BCUT2D eigenvalue weighted by Crippen LogP contribution is -3.13. The molecule has 1 saturated heterocycles. The van der Waals surface area contributed by atoms with Crippen LogP contribution in [-0.2, 0) is 13.2 Å². The van der Waals surface area contributed by atoms with Crippen molar-refractivity contribution in [3.8, 4) is 11.5 Å². The number of piperidine rings is 1. The molecular weight excluding hydrogens is 310 g/mol. The van der Waals surface area contributed by atoms with Crippen molar-refractivity contribution in [3.63, 3.8) is 0 Å². The van der Waals surface area contributed by atoms with Crippen LogP contribution in [-0.4, -0.2) is 20.2 Å². The highest BCUT2D eigenvalue weighted by atomic mass is 16.5. The largest absolute Gasteiger partial charge is 0.493 e. The summed E-state index contributed by atoms with van der Waals surface area (Å²) in [4.78, 5) is 1.67. The molecule has 0 unspecified atom stereocenters. The maximum atomic E-state index is 6.05. The van der Waals surface area contributed by atoms with E-state index in [1.807, 2.05) is 24.3 Å². The Morgan fingerprint density at radius 3 is 2.32 bits per heavy atom. The molecule has 134 valence electrons. The fraction of sp³-hybridized carbons (Fsp3) is 0.455. The standard InChI is InChI=1S/C22H29NO2/c1-17-11-18(2)14-23(13-17)15-20-9-10-21(24-3)22(12-20)25-16-19-7-5-4-6-8-19/h4-10,12,17-18H,11,13-16H2,1-3H3/p+1/t17-,18-/m1/s1. The molecule has 2 aromatic carbocycles. The van der Waals surface area contributed by atoms with Gasteiger partial charge in [-0.1, -0.05) is 44.2 Å². The Balaban J connectivity index is 1.68. The maximum Gasteiger partial charge on any atom is 0.162 e. The van der Waals surface area contributed by atoms with Crippen LogP contribution in [0, 0.1) is 11.8 Å². The van der Waals surface area contributed by atoms with Crippen LogP contribution < -0.4 is 14.4 Å².